The molecule has 5 nitrogen and oxygen atoms in total. The number of carbonyl (C=O) groups is 2. The number of Topliss-reactive ketones (excluding diaryl/α,β-unsaturated/α-hetero) is 1. The lowest BCUT2D eigenvalue weighted by Gasteiger charge is -2.59. The Morgan fingerprint density at radius 1 is 1.12 bits per heavy atom. The van der Waals surface area contributed by atoms with Crippen LogP contribution in [0.15, 0.2) is 0 Å². The van der Waals surface area contributed by atoms with E-state index < -0.39 is 25.4 Å². The van der Waals surface area contributed by atoms with E-state index in [0.717, 1.165) is 25.7 Å². The molecule has 0 aromatic rings. The molecule has 2 bridgehead atoms. The van der Waals surface area contributed by atoms with Crippen LogP contribution in [0.5, 0.6) is 0 Å². The van der Waals surface area contributed by atoms with E-state index in [0.29, 0.717) is 6.42 Å². The molecule has 0 radical (unpaired) electrons. The molecule has 3 fully saturated rings. The number of fused-ring (bicyclic) bond motifs is 4. The van der Waals surface area contributed by atoms with E-state index in [1.807, 2.05) is 20.8 Å². The van der Waals surface area contributed by atoms with Crippen molar-refractivity contribution in [2.75, 3.05) is 6.61 Å². The van der Waals surface area contributed by atoms with Crippen molar-refractivity contribution in [3.05, 3.63) is 0 Å². The molecule has 6 atom stereocenters. The third-order valence-electron chi connectivity index (χ3n) is 9.30. The monoisotopic (exact) mass is 480 g/mol. The molecule has 6 heteroatoms. The highest BCUT2D eigenvalue weighted by Crippen LogP contribution is 2.60. The maximum absolute atomic E-state index is 13.6. The van der Waals surface area contributed by atoms with Gasteiger partial charge >= 0.3 is 5.97 Å². The molecule has 3 saturated carbocycles. The van der Waals surface area contributed by atoms with Crippen molar-refractivity contribution >= 4 is 20.1 Å². The summed E-state index contributed by atoms with van der Waals surface area (Å²) in [6, 6.07) is 0. The Morgan fingerprint density at radius 2 is 1.76 bits per heavy atom. The lowest BCUT2D eigenvalue weighted by Crippen LogP contribution is -2.63. The zero-order valence-electron chi connectivity index (χ0n) is 22.5. The van der Waals surface area contributed by atoms with Crippen molar-refractivity contribution < 1.29 is 23.9 Å². The number of esters is 1. The fourth-order valence-electron chi connectivity index (χ4n) is 6.56. The zero-order chi connectivity index (χ0) is 25.0. The van der Waals surface area contributed by atoms with Gasteiger partial charge in [-0.3, -0.25) is 9.59 Å². The molecular weight excluding hydrogens is 432 g/mol. The van der Waals surface area contributed by atoms with Crippen LogP contribution in [0.1, 0.15) is 93.4 Å². The second-order valence-corrected chi connectivity index (χ2v) is 18.9. The van der Waals surface area contributed by atoms with Gasteiger partial charge in [-0.2, -0.15) is 0 Å². The van der Waals surface area contributed by atoms with Crippen LogP contribution in [-0.2, 0) is 18.8 Å². The predicted molar refractivity (Wildman–Crippen MR) is 133 cm³/mol. The van der Waals surface area contributed by atoms with Gasteiger partial charge in [-0.15, -0.1) is 0 Å². The number of ketones is 1. The summed E-state index contributed by atoms with van der Waals surface area (Å²) in [5, 5.41) is 12.2. The van der Waals surface area contributed by atoms with Gasteiger partial charge in [-0.25, -0.2) is 0 Å². The van der Waals surface area contributed by atoms with E-state index in [4.69, 9.17) is 9.16 Å². The topological polar surface area (TPSA) is 72.8 Å². The van der Waals surface area contributed by atoms with Gasteiger partial charge in [-0.1, -0.05) is 40.5 Å². The van der Waals surface area contributed by atoms with Gasteiger partial charge in [0.05, 0.1) is 18.6 Å². The highest BCUT2D eigenvalue weighted by Gasteiger charge is 2.62. The van der Waals surface area contributed by atoms with Crippen molar-refractivity contribution in [2.24, 2.45) is 29.1 Å². The quantitative estimate of drug-likeness (QED) is 0.392. The molecular formula is C27H48O5Si. The molecule has 0 unspecified atom stereocenters. The summed E-state index contributed by atoms with van der Waals surface area (Å²) in [6.45, 7) is 19.1. The highest BCUT2D eigenvalue weighted by molar-refractivity contribution is 6.74. The molecule has 0 spiro atoms. The molecule has 0 saturated heterocycles. The molecule has 3 aliphatic rings. The summed E-state index contributed by atoms with van der Waals surface area (Å²) in [7, 11) is -2.11. The maximum Gasteiger partial charge on any atom is 0.306 e. The van der Waals surface area contributed by atoms with E-state index in [1.54, 1.807) is 0 Å². The first-order valence-corrected chi connectivity index (χ1v) is 15.9. The average molecular weight is 481 g/mol. The van der Waals surface area contributed by atoms with E-state index >= 15 is 0 Å². The maximum atomic E-state index is 13.6. The molecule has 1 N–H and O–H groups in total. The smallest absolute Gasteiger partial charge is 0.306 e. The van der Waals surface area contributed by atoms with Gasteiger partial charge in [0.2, 0.25) is 0 Å². The van der Waals surface area contributed by atoms with Crippen LogP contribution in [-0.4, -0.2) is 43.0 Å². The zero-order valence-corrected chi connectivity index (χ0v) is 23.5. The molecule has 33 heavy (non-hydrogen) atoms. The first-order chi connectivity index (χ1) is 14.9. The molecule has 0 amide bonds. The Labute approximate surface area is 202 Å². The fourth-order valence-corrected chi connectivity index (χ4v) is 7.60. The van der Waals surface area contributed by atoms with Crippen molar-refractivity contribution in [3.8, 4) is 0 Å². The van der Waals surface area contributed by atoms with Crippen LogP contribution < -0.4 is 0 Å². The number of ether oxygens (including phenoxy) is 1. The van der Waals surface area contributed by atoms with Crippen molar-refractivity contribution in [2.45, 2.75) is 123 Å². The van der Waals surface area contributed by atoms with Crippen LogP contribution in [0.4, 0.5) is 0 Å². The predicted octanol–water partition coefficient (Wildman–Crippen LogP) is 5.89. The minimum absolute atomic E-state index is 0.0202. The largest absolute Gasteiger partial charge is 0.460 e. The summed E-state index contributed by atoms with van der Waals surface area (Å²) < 4.78 is 12.2. The number of aliphatic hydroxyl groups is 1. The Hall–Kier alpha value is -0.723. The minimum atomic E-state index is -2.11. The second-order valence-electron chi connectivity index (χ2n) is 14.1. The summed E-state index contributed by atoms with van der Waals surface area (Å²) >= 11 is 0. The Morgan fingerprint density at radius 3 is 2.33 bits per heavy atom. The first-order valence-electron chi connectivity index (χ1n) is 13.0. The number of rotatable bonds is 5. The molecule has 190 valence electrons. The Kier molecular flexibility index (Phi) is 7.12. The van der Waals surface area contributed by atoms with Crippen LogP contribution >= 0.6 is 0 Å². The van der Waals surface area contributed by atoms with Gasteiger partial charge in [0.25, 0.3) is 0 Å². The third-order valence-corrected chi connectivity index (χ3v) is 13.8. The van der Waals surface area contributed by atoms with Gasteiger partial charge in [0.1, 0.15) is 11.4 Å². The summed E-state index contributed by atoms with van der Waals surface area (Å²) in [4.78, 5) is 26.6. The number of hydrogen-bond donors (Lipinski definition) is 1. The lowest BCUT2D eigenvalue weighted by molar-refractivity contribution is -0.191. The fraction of sp³-hybridized carbons (Fsp3) is 0.926. The first kappa shape index (κ1) is 26.9. The summed E-state index contributed by atoms with van der Waals surface area (Å²) in [5.41, 5.74) is -1.66. The summed E-state index contributed by atoms with van der Waals surface area (Å²) in [5.74, 6) is -0.719. The third kappa shape index (κ3) is 5.43. The summed E-state index contributed by atoms with van der Waals surface area (Å²) in [6.07, 6.45) is 5.79. The standard InChI is InChI=1S/C27H48O5Si/c1-24(2,3)32-21(28)14-20-22-19-12-10-11-13-26(19,7)15-18(23(22)29)16-27(20,30)17-31-33(8,9)25(4,5)6/h18-20,22,30H,10-17H2,1-9H3/t18-,19-,20-,22+,26-,27+/m1/s1. The van der Waals surface area contributed by atoms with Crippen molar-refractivity contribution in [1.29, 1.82) is 0 Å². The molecule has 0 aromatic heterocycles. The van der Waals surface area contributed by atoms with Crippen LogP contribution in [0.25, 0.3) is 0 Å². The highest BCUT2D eigenvalue weighted by atomic mass is 28.4. The molecule has 0 aliphatic heterocycles. The van der Waals surface area contributed by atoms with E-state index in [1.165, 1.54) is 6.42 Å². The normalized spacial score (nSPS) is 37.5. The van der Waals surface area contributed by atoms with Crippen LogP contribution in [0.3, 0.4) is 0 Å². The van der Waals surface area contributed by atoms with E-state index in [9.17, 15) is 14.7 Å². The van der Waals surface area contributed by atoms with Crippen molar-refractivity contribution in [1.82, 2.24) is 0 Å². The van der Waals surface area contributed by atoms with Gasteiger partial charge in [0, 0.05) is 17.8 Å². The van der Waals surface area contributed by atoms with Crippen LogP contribution in [0, 0.1) is 29.1 Å². The van der Waals surface area contributed by atoms with E-state index in [2.05, 4.69) is 40.8 Å². The number of carbonyl (C=O) groups excluding carboxylic acids is 2. The molecule has 3 rings (SSSR count). The van der Waals surface area contributed by atoms with Gasteiger partial charge in [0.15, 0.2) is 8.32 Å². The Bertz CT molecular complexity index is 763. The molecule has 0 aromatic carbocycles. The SMILES string of the molecule is CC(C)(C)OC(=O)C[C@@H]1[C@H]2C(=O)[C@H](C[C@@]3(C)CCCC[C@H]23)C[C@]1(O)CO[Si](C)(C)C(C)(C)C. The van der Waals surface area contributed by atoms with Crippen LogP contribution in [0.2, 0.25) is 18.1 Å². The lowest BCUT2D eigenvalue weighted by atomic mass is 9.46. The molecule has 3 aliphatic carbocycles. The van der Waals surface area contributed by atoms with E-state index in [-0.39, 0.29) is 53.0 Å². The van der Waals surface area contributed by atoms with Gasteiger partial charge < -0.3 is 14.3 Å². The van der Waals surface area contributed by atoms with Gasteiger partial charge in [-0.05, 0) is 75.9 Å². The second kappa shape index (κ2) is 8.74. The van der Waals surface area contributed by atoms with Crippen molar-refractivity contribution in [3.63, 3.8) is 0 Å². The minimum Gasteiger partial charge on any atom is -0.460 e. The average Bonchev–Trinajstić information content (AvgIpc) is 2.62. The Balaban J connectivity index is 1.96. The molecule has 0 heterocycles. The number of hydrogen-bond acceptors (Lipinski definition) is 5.